The molecule has 2 rings (SSSR count). The van der Waals surface area contributed by atoms with Crippen LogP contribution >= 0.6 is 23.2 Å². The molecule has 1 fully saturated rings. The van der Waals surface area contributed by atoms with E-state index < -0.39 is 0 Å². The fourth-order valence-corrected chi connectivity index (χ4v) is 3.10. The number of hydrogen-bond donors (Lipinski definition) is 2. The molecule has 1 aromatic rings. The summed E-state index contributed by atoms with van der Waals surface area (Å²) in [7, 11) is 0. The monoisotopic (exact) mass is 328 g/mol. The summed E-state index contributed by atoms with van der Waals surface area (Å²) < 4.78 is 0. The van der Waals surface area contributed by atoms with Crippen LogP contribution in [0.15, 0.2) is 18.2 Å². The average Bonchev–Trinajstić information content (AvgIpc) is 2.44. The quantitative estimate of drug-likeness (QED) is 0.890. The van der Waals surface area contributed by atoms with E-state index in [1.807, 2.05) is 13.0 Å². The van der Waals surface area contributed by atoms with E-state index in [1.54, 1.807) is 12.1 Å². The van der Waals surface area contributed by atoms with Crippen LogP contribution in [0.4, 0.5) is 0 Å². The second-order valence-electron chi connectivity index (χ2n) is 5.93. The molecule has 1 heterocycles. The van der Waals surface area contributed by atoms with E-state index >= 15 is 0 Å². The van der Waals surface area contributed by atoms with Crippen molar-refractivity contribution >= 4 is 29.1 Å². The summed E-state index contributed by atoms with van der Waals surface area (Å²) in [5.41, 5.74) is 0.957. The van der Waals surface area contributed by atoms with Gasteiger partial charge in [0.15, 0.2) is 0 Å². The number of piperidine rings is 1. The predicted octanol–water partition coefficient (Wildman–Crippen LogP) is 3.29. The first-order chi connectivity index (χ1) is 9.97. The lowest BCUT2D eigenvalue weighted by atomic mass is 9.93. The molecule has 5 heteroatoms. The molecule has 1 aliphatic heterocycles. The van der Waals surface area contributed by atoms with Gasteiger partial charge in [0, 0.05) is 28.5 Å². The van der Waals surface area contributed by atoms with Crippen molar-refractivity contribution in [1.29, 1.82) is 0 Å². The van der Waals surface area contributed by atoms with Crippen molar-refractivity contribution in [3.05, 3.63) is 33.8 Å². The Morgan fingerprint density at radius 3 is 2.90 bits per heavy atom. The van der Waals surface area contributed by atoms with Crippen LogP contribution in [0.5, 0.6) is 0 Å². The lowest BCUT2D eigenvalue weighted by Gasteiger charge is -2.31. The van der Waals surface area contributed by atoms with E-state index in [9.17, 15) is 4.79 Å². The number of carbonyl (C=O) groups excluding carboxylic acids is 1. The van der Waals surface area contributed by atoms with Gasteiger partial charge in [-0.15, -0.1) is 0 Å². The van der Waals surface area contributed by atoms with E-state index in [4.69, 9.17) is 23.2 Å². The van der Waals surface area contributed by atoms with Gasteiger partial charge in [0.2, 0.25) is 5.91 Å². The molecule has 2 N–H and O–H groups in total. The summed E-state index contributed by atoms with van der Waals surface area (Å²) in [6.07, 6.45) is 1.72. The van der Waals surface area contributed by atoms with E-state index in [0.717, 1.165) is 25.1 Å². The van der Waals surface area contributed by atoms with Crippen molar-refractivity contribution in [3.8, 4) is 0 Å². The Hall–Kier alpha value is -0.770. The molecule has 3 nitrogen and oxygen atoms in total. The molecule has 0 bridgehead atoms. The predicted molar refractivity (Wildman–Crippen MR) is 87.9 cm³/mol. The second kappa shape index (κ2) is 7.48. The number of amides is 1. The van der Waals surface area contributed by atoms with Crippen molar-refractivity contribution in [3.63, 3.8) is 0 Å². The van der Waals surface area contributed by atoms with Crippen LogP contribution in [0.3, 0.4) is 0 Å². The van der Waals surface area contributed by atoms with Crippen molar-refractivity contribution < 1.29 is 4.79 Å². The van der Waals surface area contributed by atoms with Crippen molar-refractivity contribution in [2.24, 2.45) is 11.8 Å². The first kappa shape index (κ1) is 16.6. The third kappa shape index (κ3) is 4.60. The molecule has 1 aromatic carbocycles. The smallest absolute Gasteiger partial charge is 0.223 e. The third-order valence-corrected chi connectivity index (χ3v) is 4.73. The highest BCUT2D eigenvalue weighted by molar-refractivity contribution is 6.35. The number of hydrogen-bond acceptors (Lipinski definition) is 2. The minimum Gasteiger partial charge on any atom is -0.352 e. The van der Waals surface area contributed by atoms with Gasteiger partial charge < -0.3 is 10.6 Å². The largest absolute Gasteiger partial charge is 0.352 e. The molecule has 116 valence electrons. The molecule has 3 atom stereocenters. The fourth-order valence-electron chi connectivity index (χ4n) is 2.62. The molecule has 21 heavy (non-hydrogen) atoms. The van der Waals surface area contributed by atoms with Crippen molar-refractivity contribution in [1.82, 2.24) is 10.6 Å². The van der Waals surface area contributed by atoms with E-state index in [-0.39, 0.29) is 17.9 Å². The van der Waals surface area contributed by atoms with Crippen LogP contribution in [-0.4, -0.2) is 25.0 Å². The van der Waals surface area contributed by atoms with Gasteiger partial charge >= 0.3 is 0 Å². The van der Waals surface area contributed by atoms with Crippen molar-refractivity contribution in [2.45, 2.75) is 32.7 Å². The topological polar surface area (TPSA) is 41.1 Å². The molecule has 1 amide bonds. The Kier molecular flexibility index (Phi) is 5.91. The molecule has 1 aliphatic rings. The highest BCUT2D eigenvalue weighted by Gasteiger charge is 2.24. The summed E-state index contributed by atoms with van der Waals surface area (Å²) in [6, 6.07) is 5.63. The van der Waals surface area contributed by atoms with Crippen LogP contribution in [-0.2, 0) is 11.2 Å². The van der Waals surface area contributed by atoms with Gasteiger partial charge in [-0.25, -0.2) is 0 Å². The minimum absolute atomic E-state index is 0.0848. The SMILES string of the molecule is CC(Cc1ccc(Cl)cc1Cl)C(=O)NC1CNCCC1C. The van der Waals surface area contributed by atoms with Gasteiger partial charge in [-0.1, -0.05) is 43.1 Å². The number of benzene rings is 1. The lowest BCUT2D eigenvalue weighted by Crippen LogP contribution is -2.51. The summed E-state index contributed by atoms with van der Waals surface area (Å²) in [4.78, 5) is 12.3. The van der Waals surface area contributed by atoms with Crippen LogP contribution < -0.4 is 10.6 Å². The third-order valence-electron chi connectivity index (χ3n) is 4.14. The summed E-state index contributed by atoms with van der Waals surface area (Å²) in [5, 5.41) is 7.71. The number of rotatable bonds is 4. The van der Waals surface area contributed by atoms with Gasteiger partial charge in [0.05, 0.1) is 0 Å². The highest BCUT2D eigenvalue weighted by Crippen LogP contribution is 2.23. The maximum absolute atomic E-state index is 12.3. The van der Waals surface area contributed by atoms with Crippen LogP contribution in [0.25, 0.3) is 0 Å². The zero-order valence-corrected chi connectivity index (χ0v) is 14.0. The number of carbonyl (C=O) groups is 1. The molecule has 3 unspecified atom stereocenters. The first-order valence-corrected chi connectivity index (χ1v) is 8.18. The first-order valence-electron chi connectivity index (χ1n) is 7.42. The van der Waals surface area contributed by atoms with E-state index in [2.05, 4.69) is 17.6 Å². The molecule has 0 radical (unpaired) electrons. The van der Waals surface area contributed by atoms with Crippen LogP contribution in [0.1, 0.15) is 25.8 Å². The molecule has 1 saturated heterocycles. The zero-order chi connectivity index (χ0) is 15.4. The number of nitrogens with one attached hydrogen (secondary N) is 2. The molecule has 0 aliphatic carbocycles. The molecular formula is C16H22Cl2N2O. The Morgan fingerprint density at radius 1 is 1.48 bits per heavy atom. The van der Waals surface area contributed by atoms with Crippen LogP contribution in [0, 0.1) is 11.8 Å². The second-order valence-corrected chi connectivity index (χ2v) is 6.77. The Labute approximate surface area is 136 Å². The summed E-state index contributed by atoms with van der Waals surface area (Å²) in [5.74, 6) is 0.487. The lowest BCUT2D eigenvalue weighted by molar-refractivity contribution is -0.125. The van der Waals surface area contributed by atoms with Gasteiger partial charge in [-0.05, 0) is 43.0 Å². The van der Waals surface area contributed by atoms with Crippen molar-refractivity contribution in [2.75, 3.05) is 13.1 Å². The summed E-state index contributed by atoms with van der Waals surface area (Å²) in [6.45, 7) is 6.00. The van der Waals surface area contributed by atoms with Crippen LogP contribution in [0.2, 0.25) is 10.0 Å². The fraction of sp³-hybridized carbons (Fsp3) is 0.562. The standard InChI is InChI=1S/C16H22Cl2N2O/c1-10-5-6-19-9-15(10)20-16(21)11(2)7-12-3-4-13(17)8-14(12)18/h3-4,8,10-11,15,19H,5-7,9H2,1-2H3,(H,20,21). The van der Waals surface area contributed by atoms with Gasteiger partial charge in [0.25, 0.3) is 0 Å². The maximum Gasteiger partial charge on any atom is 0.223 e. The zero-order valence-electron chi connectivity index (χ0n) is 12.5. The summed E-state index contributed by atoms with van der Waals surface area (Å²) >= 11 is 12.1. The number of halogens is 2. The van der Waals surface area contributed by atoms with E-state index in [1.165, 1.54) is 0 Å². The molecule has 0 aromatic heterocycles. The Bertz CT molecular complexity index is 507. The molecule has 0 spiro atoms. The van der Waals surface area contributed by atoms with Gasteiger partial charge in [-0.2, -0.15) is 0 Å². The minimum atomic E-state index is -0.113. The van der Waals surface area contributed by atoms with Gasteiger partial charge in [-0.3, -0.25) is 4.79 Å². The molecular weight excluding hydrogens is 307 g/mol. The average molecular weight is 329 g/mol. The molecule has 0 saturated carbocycles. The van der Waals surface area contributed by atoms with E-state index in [0.29, 0.717) is 22.4 Å². The Balaban J connectivity index is 1.92. The maximum atomic E-state index is 12.3. The Morgan fingerprint density at radius 2 is 2.24 bits per heavy atom. The normalized spacial score (nSPS) is 23.6. The van der Waals surface area contributed by atoms with Gasteiger partial charge in [0.1, 0.15) is 0 Å². The highest BCUT2D eigenvalue weighted by atomic mass is 35.5.